The molecule has 138 valence electrons. The Labute approximate surface area is 162 Å². The van der Waals surface area contributed by atoms with E-state index in [1.807, 2.05) is 51.1 Å². The average molecular weight is 418 g/mol. The van der Waals surface area contributed by atoms with Crippen molar-refractivity contribution in [2.75, 3.05) is 5.32 Å². The van der Waals surface area contributed by atoms with Gasteiger partial charge >= 0.3 is 5.97 Å². The molecule has 4 nitrogen and oxygen atoms in total. The highest BCUT2D eigenvalue weighted by Crippen LogP contribution is 2.24. The summed E-state index contributed by atoms with van der Waals surface area (Å²) in [5.74, 6) is -2.70. The monoisotopic (exact) mass is 417 g/mol. The van der Waals surface area contributed by atoms with Crippen LogP contribution in [0.4, 0.5) is 5.69 Å². The first kappa shape index (κ1) is 20.2. The van der Waals surface area contributed by atoms with Crippen molar-refractivity contribution in [1.82, 2.24) is 0 Å². The van der Waals surface area contributed by atoms with E-state index in [9.17, 15) is 14.7 Å². The number of nitrogens with one attached hydrogen (secondary N) is 1. The SMILES string of the molecule is Cc1cc(C)cc(C[C@@H](C(=O)Nc2ccc(C)c(Br)c2)[C@@H](C)C(=O)O)c1. The number of carbonyl (C=O) groups excluding carboxylic acids is 1. The maximum atomic E-state index is 12.8. The predicted molar refractivity (Wildman–Crippen MR) is 107 cm³/mol. The van der Waals surface area contributed by atoms with Crippen molar-refractivity contribution in [2.24, 2.45) is 11.8 Å². The minimum atomic E-state index is -0.973. The van der Waals surface area contributed by atoms with Gasteiger partial charge in [-0.1, -0.05) is 58.2 Å². The van der Waals surface area contributed by atoms with E-state index >= 15 is 0 Å². The van der Waals surface area contributed by atoms with Crippen molar-refractivity contribution in [1.29, 1.82) is 0 Å². The summed E-state index contributed by atoms with van der Waals surface area (Å²) in [6.07, 6.45) is 0.384. The average Bonchev–Trinajstić information content (AvgIpc) is 2.54. The Morgan fingerprint density at radius 2 is 1.69 bits per heavy atom. The van der Waals surface area contributed by atoms with Gasteiger partial charge in [-0.2, -0.15) is 0 Å². The molecule has 0 radical (unpaired) electrons. The number of rotatable bonds is 6. The van der Waals surface area contributed by atoms with Crippen molar-refractivity contribution < 1.29 is 14.7 Å². The van der Waals surface area contributed by atoms with Crippen LogP contribution < -0.4 is 5.32 Å². The minimum absolute atomic E-state index is 0.283. The van der Waals surface area contributed by atoms with E-state index in [4.69, 9.17) is 0 Å². The molecule has 2 aromatic carbocycles. The molecule has 26 heavy (non-hydrogen) atoms. The molecular weight excluding hydrogens is 394 g/mol. The van der Waals surface area contributed by atoms with Crippen molar-refractivity contribution in [2.45, 2.75) is 34.1 Å². The van der Waals surface area contributed by atoms with Crippen LogP contribution in [0.1, 0.15) is 29.2 Å². The molecule has 0 heterocycles. The fraction of sp³-hybridized carbons (Fsp3) is 0.333. The zero-order valence-electron chi connectivity index (χ0n) is 15.5. The van der Waals surface area contributed by atoms with E-state index in [-0.39, 0.29) is 5.91 Å². The second-order valence-corrected chi connectivity index (χ2v) is 7.74. The van der Waals surface area contributed by atoms with Gasteiger partial charge in [0.25, 0.3) is 0 Å². The molecule has 0 fully saturated rings. The minimum Gasteiger partial charge on any atom is -0.481 e. The van der Waals surface area contributed by atoms with Gasteiger partial charge in [0.1, 0.15) is 0 Å². The van der Waals surface area contributed by atoms with Crippen LogP contribution in [0.5, 0.6) is 0 Å². The number of benzene rings is 2. The van der Waals surface area contributed by atoms with Gasteiger partial charge in [0.2, 0.25) is 5.91 Å². The predicted octanol–water partition coefficient (Wildman–Crippen LogP) is 4.89. The van der Waals surface area contributed by atoms with E-state index < -0.39 is 17.8 Å². The second-order valence-electron chi connectivity index (χ2n) is 6.89. The van der Waals surface area contributed by atoms with Crippen molar-refractivity contribution in [3.05, 3.63) is 63.1 Å². The Hall–Kier alpha value is -2.14. The Kier molecular flexibility index (Phi) is 6.59. The summed E-state index contributed by atoms with van der Waals surface area (Å²) in [5, 5.41) is 12.3. The lowest BCUT2D eigenvalue weighted by Gasteiger charge is -2.21. The highest BCUT2D eigenvalue weighted by Gasteiger charge is 2.30. The molecule has 0 aliphatic rings. The quantitative estimate of drug-likeness (QED) is 0.702. The number of carbonyl (C=O) groups is 2. The summed E-state index contributed by atoms with van der Waals surface area (Å²) in [5.41, 5.74) is 4.89. The Morgan fingerprint density at radius 3 is 2.23 bits per heavy atom. The molecule has 0 saturated carbocycles. The van der Waals surface area contributed by atoms with Crippen molar-refractivity contribution in [3.8, 4) is 0 Å². The van der Waals surface area contributed by atoms with E-state index in [0.717, 1.165) is 26.7 Å². The molecule has 0 aliphatic carbocycles. The molecular formula is C21H24BrNO3. The van der Waals surface area contributed by atoms with Crippen LogP contribution in [0.15, 0.2) is 40.9 Å². The summed E-state index contributed by atoms with van der Waals surface area (Å²) in [6.45, 7) is 7.54. The first-order valence-electron chi connectivity index (χ1n) is 8.54. The number of hydrogen-bond acceptors (Lipinski definition) is 2. The molecule has 2 N–H and O–H groups in total. The smallest absolute Gasteiger partial charge is 0.307 e. The largest absolute Gasteiger partial charge is 0.481 e. The maximum absolute atomic E-state index is 12.8. The highest BCUT2D eigenvalue weighted by atomic mass is 79.9. The number of anilines is 1. The van der Waals surface area contributed by atoms with Crippen LogP contribution in [-0.2, 0) is 16.0 Å². The molecule has 0 saturated heterocycles. The molecule has 1 amide bonds. The Bertz CT molecular complexity index is 812. The van der Waals surface area contributed by atoms with Crippen LogP contribution in [0, 0.1) is 32.6 Å². The normalized spacial score (nSPS) is 13.1. The fourth-order valence-electron chi connectivity index (χ4n) is 3.01. The van der Waals surface area contributed by atoms with Gasteiger partial charge in [0.15, 0.2) is 0 Å². The second kappa shape index (κ2) is 8.49. The highest BCUT2D eigenvalue weighted by molar-refractivity contribution is 9.10. The van der Waals surface area contributed by atoms with Crippen LogP contribution in [0.25, 0.3) is 0 Å². The molecule has 0 aromatic heterocycles. The fourth-order valence-corrected chi connectivity index (χ4v) is 3.39. The molecule has 0 unspecified atom stereocenters. The molecule has 2 aromatic rings. The Balaban J connectivity index is 2.26. The maximum Gasteiger partial charge on any atom is 0.307 e. The van der Waals surface area contributed by atoms with Gasteiger partial charge in [-0.25, -0.2) is 0 Å². The van der Waals surface area contributed by atoms with Gasteiger partial charge in [-0.05, 0) is 50.5 Å². The Morgan fingerprint density at radius 1 is 1.08 bits per heavy atom. The molecule has 2 atom stereocenters. The van der Waals surface area contributed by atoms with E-state index in [0.29, 0.717) is 12.1 Å². The van der Waals surface area contributed by atoms with Gasteiger partial charge in [-0.3, -0.25) is 9.59 Å². The van der Waals surface area contributed by atoms with Crippen LogP contribution >= 0.6 is 15.9 Å². The summed E-state index contributed by atoms with van der Waals surface area (Å²) in [6, 6.07) is 11.6. The molecule has 2 rings (SSSR count). The number of aryl methyl sites for hydroxylation is 3. The molecule has 0 aliphatic heterocycles. The van der Waals surface area contributed by atoms with Crippen molar-refractivity contribution in [3.63, 3.8) is 0 Å². The van der Waals surface area contributed by atoms with Gasteiger partial charge < -0.3 is 10.4 Å². The number of carboxylic acids is 1. The van der Waals surface area contributed by atoms with Gasteiger partial charge in [0, 0.05) is 10.2 Å². The topological polar surface area (TPSA) is 66.4 Å². The first-order valence-corrected chi connectivity index (χ1v) is 9.33. The third-order valence-electron chi connectivity index (χ3n) is 4.51. The summed E-state index contributed by atoms with van der Waals surface area (Å²) < 4.78 is 0.896. The third kappa shape index (κ3) is 5.18. The van der Waals surface area contributed by atoms with Crippen LogP contribution in [0.3, 0.4) is 0 Å². The van der Waals surface area contributed by atoms with Crippen LogP contribution in [0.2, 0.25) is 0 Å². The van der Waals surface area contributed by atoms with Gasteiger partial charge in [0.05, 0.1) is 11.8 Å². The number of hydrogen-bond donors (Lipinski definition) is 2. The summed E-state index contributed by atoms with van der Waals surface area (Å²) in [7, 11) is 0. The first-order chi connectivity index (χ1) is 12.2. The lowest BCUT2D eigenvalue weighted by Crippen LogP contribution is -2.33. The van der Waals surface area contributed by atoms with Crippen molar-refractivity contribution >= 4 is 33.5 Å². The summed E-state index contributed by atoms with van der Waals surface area (Å²) in [4.78, 5) is 24.4. The lowest BCUT2D eigenvalue weighted by atomic mass is 9.86. The van der Waals surface area contributed by atoms with E-state index in [1.165, 1.54) is 0 Å². The van der Waals surface area contributed by atoms with E-state index in [2.05, 4.69) is 27.3 Å². The molecule has 5 heteroatoms. The number of amides is 1. The standard InChI is InChI=1S/C21H24BrNO3/c1-12-7-13(2)9-16(8-12)10-18(15(4)21(25)26)20(24)23-17-6-5-14(3)19(22)11-17/h5-9,11,15,18H,10H2,1-4H3,(H,23,24)(H,25,26)/t15-,18-/m1/s1. The number of carboxylic acid groups (broad SMARTS) is 1. The molecule has 0 bridgehead atoms. The van der Waals surface area contributed by atoms with Gasteiger partial charge in [-0.15, -0.1) is 0 Å². The van der Waals surface area contributed by atoms with E-state index in [1.54, 1.807) is 6.92 Å². The molecule has 0 spiro atoms. The third-order valence-corrected chi connectivity index (χ3v) is 5.36. The zero-order chi connectivity index (χ0) is 19.4. The lowest BCUT2D eigenvalue weighted by molar-refractivity contribution is -0.145. The number of halogens is 1. The van der Waals surface area contributed by atoms with Crippen LogP contribution in [-0.4, -0.2) is 17.0 Å². The number of aliphatic carboxylic acids is 1. The summed E-state index contributed by atoms with van der Waals surface area (Å²) >= 11 is 3.45. The zero-order valence-corrected chi connectivity index (χ0v) is 17.1.